The summed E-state index contributed by atoms with van der Waals surface area (Å²) in [5, 5.41) is 12.2. The molecule has 4 aromatic rings. The Hall–Kier alpha value is -4.11. The number of anilines is 1. The van der Waals surface area contributed by atoms with E-state index in [4.69, 9.17) is 19.7 Å². The Morgan fingerprint density at radius 1 is 1.00 bits per heavy atom. The summed E-state index contributed by atoms with van der Waals surface area (Å²) in [7, 11) is 0. The van der Waals surface area contributed by atoms with Gasteiger partial charge in [-0.15, -0.1) is 0 Å². The van der Waals surface area contributed by atoms with Crippen LogP contribution >= 0.6 is 0 Å². The van der Waals surface area contributed by atoms with Gasteiger partial charge in [0.15, 0.2) is 5.82 Å². The molecule has 4 aliphatic heterocycles. The smallest absolute Gasteiger partial charge is 0.319 e. The van der Waals surface area contributed by atoms with Crippen molar-refractivity contribution < 1.29 is 18.6 Å². The van der Waals surface area contributed by atoms with Crippen LogP contribution in [0.1, 0.15) is 63.1 Å². The molecule has 6 heterocycles. The Kier molecular flexibility index (Phi) is 5.98. The molecule has 43 heavy (non-hydrogen) atoms. The van der Waals surface area contributed by atoms with Crippen LogP contribution in [0.25, 0.3) is 44.6 Å². The van der Waals surface area contributed by atoms with Gasteiger partial charge in [-0.3, -0.25) is 4.90 Å². The molecule has 7 nitrogen and oxygen atoms in total. The van der Waals surface area contributed by atoms with E-state index >= 15 is 4.39 Å². The summed E-state index contributed by atoms with van der Waals surface area (Å²) >= 11 is 0. The molecule has 2 aromatic carbocycles. The maximum atomic E-state index is 16.9. The molecule has 0 saturated carbocycles. The number of phenolic OH excluding ortho intramolecular Hbond substituents is 1. The van der Waals surface area contributed by atoms with Crippen LogP contribution in [-0.2, 0) is 0 Å². The highest BCUT2D eigenvalue weighted by molar-refractivity contribution is 6.07. The number of halogens is 2. The second kappa shape index (κ2) is 9.71. The zero-order valence-electron chi connectivity index (χ0n) is 24.2. The van der Waals surface area contributed by atoms with Gasteiger partial charge in [0.2, 0.25) is 0 Å². The van der Waals surface area contributed by atoms with Crippen molar-refractivity contribution in [3.05, 3.63) is 59.4 Å². The fraction of sp³-hybridized carbons (Fsp3) is 0.382. The molecule has 0 spiro atoms. The molecule has 0 bridgehead atoms. The third-order valence-corrected chi connectivity index (χ3v) is 9.99. The summed E-state index contributed by atoms with van der Waals surface area (Å²) in [6.07, 6.45) is 8.76. The highest BCUT2D eigenvalue weighted by Crippen LogP contribution is 2.47. The van der Waals surface area contributed by atoms with Crippen LogP contribution in [0.2, 0.25) is 0 Å². The molecule has 4 aliphatic rings. The minimum absolute atomic E-state index is 0.00624. The zero-order chi connectivity index (χ0) is 29.5. The lowest BCUT2D eigenvalue weighted by Gasteiger charge is -2.37. The maximum Gasteiger partial charge on any atom is 0.319 e. The SMILES string of the molecule is C=Cc1c(F)ccc2cc(O)cc(-c3nc4c5c(nc(OCC67CCCN6CCC7)nc5c3F)N3CCCCC3=C4C)c12. The maximum absolute atomic E-state index is 16.9. The third kappa shape index (κ3) is 3.90. The van der Waals surface area contributed by atoms with E-state index in [9.17, 15) is 9.50 Å². The summed E-state index contributed by atoms with van der Waals surface area (Å²) in [5.41, 5.74) is 3.26. The standard InChI is InChI=1S/C34H33F2N5O2/c1-3-22-24(35)10-9-20-16-21(42)17-23(26(20)22)30-28(36)31-27-29(37-30)19(2)25-8-4-5-15-41(25)32(27)39-33(38-31)43-18-34-11-6-13-40(34)14-7-12-34/h3,9-10,16-17,42H,1,4-8,11-15,18H2,2H3. The normalized spacial score (nSPS) is 19.3. The summed E-state index contributed by atoms with van der Waals surface area (Å²) in [6.45, 7) is 9.20. The number of ether oxygens (including phenoxy) is 1. The molecule has 3 saturated heterocycles. The number of allylic oxidation sites excluding steroid dienone is 2. The first-order valence-electron chi connectivity index (χ1n) is 15.2. The number of hydrogen-bond acceptors (Lipinski definition) is 7. The number of piperidine rings is 1. The van der Waals surface area contributed by atoms with E-state index in [0.29, 0.717) is 34.3 Å². The third-order valence-electron chi connectivity index (χ3n) is 9.99. The number of phenols is 1. The highest BCUT2D eigenvalue weighted by atomic mass is 19.1. The van der Waals surface area contributed by atoms with Crippen molar-refractivity contribution >= 4 is 39.1 Å². The lowest BCUT2D eigenvalue weighted by Crippen LogP contribution is -2.43. The molecule has 0 amide bonds. The average Bonchev–Trinajstić information content (AvgIpc) is 3.60. The van der Waals surface area contributed by atoms with E-state index in [-0.39, 0.29) is 39.6 Å². The van der Waals surface area contributed by atoms with Gasteiger partial charge in [0.1, 0.15) is 35.2 Å². The Morgan fingerprint density at radius 3 is 2.60 bits per heavy atom. The lowest BCUT2D eigenvalue weighted by atomic mass is 9.92. The molecular formula is C34H33F2N5O2. The van der Waals surface area contributed by atoms with Crippen molar-refractivity contribution in [3.63, 3.8) is 0 Å². The molecule has 2 aromatic heterocycles. The van der Waals surface area contributed by atoms with E-state index in [0.717, 1.165) is 75.9 Å². The van der Waals surface area contributed by atoms with Gasteiger partial charge < -0.3 is 14.7 Å². The second-order valence-electron chi connectivity index (χ2n) is 12.3. The van der Waals surface area contributed by atoms with Crippen molar-refractivity contribution in [1.82, 2.24) is 19.9 Å². The first-order valence-corrected chi connectivity index (χ1v) is 15.2. The predicted octanol–water partition coefficient (Wildman–Crippen LogP) is 7.21. The quantitative estimate of drug-likeness (QED) is 0.267. The average molecular weight is 582 g/mol. The first kappa shape index (κ1) is 26.5. The van der Waals surface area contributed by atoms with E-state index in [1.165, 1.54) is 24.3 Å². The summed E-state index contributed by atoms with van der Waals surface area (Å²) in [5.74, 6) is -0.593. The number of benzene rings is 2. The molecule has 9 heteroatoms. The van der Waals surface area contributed by atoms with Gasteiger partial charge in [-0.2, -0.15) is 9.97 Å². The monoisotopic (exact) mass is 581 g/mol. The minimum Gasteiger partial charge on any atom is -0.508 e. The molecule has 8 rings (SSSR count). The van der Waals surface area contributed by atoms with Crippen LogP contribution in [0, 0.1) is 11.6 Å². The van der Waals surface area contributed by atoms with E-state index in [2.05, 4.69) is 16.4 Å². The summed E-state index contributed by atoms with van der Waals surface area (Å²) < 4.78 is 38.2. The topological polar surface area (TPSA) is 74.6 Å². The number of fused-ring (bicyclic) bond motifs is 4. The van der Waals surface area contributed by atoms with Gasteiger partial charge in [-0.1, -0.05) is 18.7 Å². The molecule has 1 N–H and O–H groups in total. The van der Waals surface area contributed by atoms with Gasteiger partial charge >= 0.3 is 6.01 Å². The van der Waals surface area contributed by atoms with Crippen LogP contribution in [0.3, 0.4) is 0 Å². The van der Waals surface area contributed by atoms with E-state index in [1.807, 2.05) is 6.92 Å². The van der Waals surface area contributed by atoms with Crippen molar-refractivity contribution in [2.45, 2.75) is 57.4 Å². The van der Waals surface area contributed by atoms with Crippen LogP contribution < -0.4 is 9.64 Å². The van der Waals surface area contributed by atoms with Gasteiger partial charge in [-0.25, -0.2) is 13.8 Å². The fourth-order valence-electron chi connectivity index (χ4n) is 7.94. The van der Waals surface area contributed by atoms with Crippen molar-refractivity contribution in [3.8, 4) is 23.0 Å². The number of rotatable bonds is 5. The highest BCUT2D eigenvalue weighted by Gasteiger charge is 2.45. The number of nitrogens with zero attached hydrogens (tertiary/aromatic N) is 5. The number of aromatic nitrogens is 3. The van der Waals surface area contributed by atoms with Gasteiger partial charge in [0, 0.05) is 28.8 Å². The van der Waals surface area contributed by atoms with Gasteiger partial charge in [0.05, 0.1) is 16.6 Å². The van der Waals surface area contributed by atoms with Crippen molar-refractivity contribution in [2.75, 3.05) is 31.1 Å². The van der Waals surface area contributed by atoms with Crippen molar-refractivity contribution in [1.29, 1.82) is 0 Å². The Balaban J connectivity index is 1.37. The Labute approximate surface area is 248 Å². The molecule has 0 unspecified atom stereocenters. The second-order valence-corrected chi connectivity index (χ2v) is 12.3. The lowest BCUT2D eigenvalue weighted by molar-refractivity contribution is 0.108. The molecular weight excluding hydrogens is 548 g/mol. The van der Waals surface area contributed by atoms with Crippen LogP contribution in [0.15, 0.2) is 36.5 Å². The minimum atomic E-state index is -0.659. The van der Waals surface area contributed by atoms with Crippen LogP contribution in [0.4, 0.5) is 14.6 Å². The number of aromatic hydroxyl groups is 1. The zero-order valence-corrected chi connectivity index (χ0v) is 24.2. The summed E-state index contributed by atoms with van der Waals surface area (Å²) in [4.78, 5) is 19.2. The molecule has 220 valence electrons. The Bertz CT molecular complexity index is 1880. The number of hydrogen-bond donors (Lipinski definition) is 1. The van der Waals surface area contributed by atoms with Gasteiger partial charge in [-0.05, 0) is 94.1 Å². The largest absolute Gasteiger partial charge is 0.508 e. The molecule has 0 atom stereocenters. The fourth-order valence-corrected chi connectivity index (χ4v) is 7.94. The van der Waals surface area contributed by atoms with Gasteiger partial charge in [0.25, 0.3) is 0 Å². The molecule has 0 radical (unpaired) electrons. The van der Waals surface area contributed by atoms with E-state index < -0.39 is 11.6 Å². The predicted molar refractivity (Wildman–Crippen MR) is 164 cm³/mol. The molecule has 0 aliphatic carbocycles. The van der Waals surface area contributed by atoms with Crippen molar-refractivity contribution in [2.24, 2.45) is 0 Å². The molecule has 3 fully saturated rings. The van der Waals surface area contributed by atoms with Crippen LogP contribution in [-0.4, -0.2) is 56.7 Å². The number of pyridine rings is 1. The van der Waals surface area contributed by atoms with Crippen LogP contribution in [0.5, 0.6) is 11.8 Å². The first-order chi connectivity index (χ1) is 20.9. The summed E-state index contributed by atoms with van der Waals surface area (Å²) in [6, 6.07) is 6.01. The van der Waals surface area contributed by atoms with E-state index in [1.54, 1.807) is 6.07 Å². The Morgan fingerprint density at radius 2 is 1.81 bits per heavy atom.